The number of primary amides is 1. The quantitative estimate of drug-likeness (QED) is 0.774. The number of thiazole rings is 1. The number of aromatic nitrogens is 1. The fourth-order valence-electron chi connectivity index (χ4n) is 1.76. The number of amides is 1. The first-order valence-corrected chi connectivity index (χ1v) is 6.65. The highest BCUT2D eigenvalue weighted by molar-refractivity contribution is 7.13. The van der Waals surface area contributed by atoms with Gasteiger partial charge in [-0.2, -0.15) is 0 Å². The molecular weight excluding hydrogens is 276 g/mol. The Kier molecular flexibility index (Phi) is 3.00. The fraction of sp³-hybridized carbons (Fsp3) is 0. The molecule has 1 aromatic carbocycles. The van der Waals surface area contributed by atoms with Crippen LogP contribution in [0.1, 0.15) is 10.4 Å². The molecule has 0 atom stereocenters. The summed E-state index contributed by atoms with van der Waals surface area (Å²) in [6.45, 7) is 0. The first-order chi connectivity index (χ1) is 9.63. The lowest BCUT2D eigenvalue weighted by Crippen LogP contribution is -2.09. The molecule has 0 saturated carbocycles. The van der Waals surface area contributed by atoms with E-state index >= 15 is 0 Å². The smallest absolute Gasteiger partial charge is 0.251 e. The standard InChI is InChI=1S/C14H10N2O3S/c15-13(18)9-5-12(19-6-9)11-7-20-14(16-11)8-2-1-3-10(17)4-8/h1-7,17H,(H2,15,18). The summed E-state index contributed by atoms with van der Waals surface area (Å²) in [4.78, 5) is 15.5. The molecule has 3 rings (SSSR count). The predicted molar refractivity (Wildman–Crippen MR) is 75.4 cm³/mol. The summed E-state index contributed by atoms with van der Waals surface area (Å²) in [5.41, 5.74) is 6.93. The number of phenols is 1. The molecule has 1 amide bonds. The molecule has 0 unspecified atom stereocenters. The summed E-state index contributed by atoms with van der Waals surface area (Å²) >= 11 is 1.43. The Morgan fingerprint density at radius 3 is 2.90 bits per heavy atom. The van der Waals surface area contributed by atoms with Crippen LogP contribution in [0.5, 0.6) is 5.75 Å². The number of rotatable bonds is 3. The van der Waals surface area contributed by atoms with Crippen molar-refractivity contribution in [3.8, 4) is 27.8 Å². The van der Waals surface area contributed by atoms with Crippen molar-refractivity contribution < 1.29 is 14.3 Å². The molecule has 20 heavy (non-hydrogen) atoms. The van der Waals surface area contributed by atoms with E-state index < -0.39 is 5.91 Å². The molecule has 3 N–H and O–H groups in total. The molecule has 5 nitrogen and oxygen atoms in total. The third-order valence-corrected chi connectivity index (χ3v) is 3.63. The van der Waals surface area contributed by atoms with Crippen LogP contribution in [0.15, 0.2) is 46.4 Å². The third kappa shape index (κ3) is 2.28. The number of nitrogens with zero attached hydrogens (tertiary/aromatic N) is 1. The van der Waals surface area contributed by atoms with Crippen LogP contribution >= 0.6 is 11.3 Å². The Morgan fingerprint density at radius 1 is 1.35 bits per heavy atom. The average molecular weight is 286 g/mol. The summed E-state index contributed by atoms with van der Waals surface area (Å²) in [6, 6.07) is 8.41. The Balaban J connectivity index is 1.95. The van der Waals surface area contributed by atoms with E-state index in [-0.39, 0.29) is 5.75 Å². The topological polar surface area (TPSA) is 89.4 Å². The highest BCUT2D eigenvalue weighted by atomic mass is 32.1. The van der Waals surface area contributed by atoms with Gasteiger partial charge in [0.2, 0.25) is 0 Å². The van der Waals surface area contributed by atoms with Gasteiger partial charge in [-0.3, -0.25) is 4.79 Å². The minimum absolute atomic E-state index is 0.188. The van der Waals surface area contributed by atoms with E-state index in [0.717, 1.165) is 10.6 Å². The molecule has 6 heteroatoms. The van der Waals surface area contributed by atoms with Gasteiger partial charge in [-0.05, 0) is 18.2 Å². The van der Waals surface area contributed by atoms with Crippen LogP contribution in [-0.2, 0) is 0 Å². The molecule has 0 radical (unpaired) electrons. The van der Waals surface area contributed by atoms with E-state index in [0.29, 0.717) is 17.0 Å². The maximum Gasteiger partial charge on any atom is 0.251 e. The Bertz CT molecular complexity index is 776. The fourth-order valence-corrected chi connectivity index (χ4v) is 2.56. The molecule has 0 bridgehead atoms. The van der Waals surface area contributed by atoms with Gasteiger partial charge in [0.1, 0.15) is 22.7 Å². The first-order valence-electron chi connectivity index (χ1n) is 5.77. The Hall–Kier alpha value is -2.60. The minimum atomic E-state index is -0.538. The third-order valence-electron chi connectivity index (χ3n) is 2.73. The molecule has 3 aromatic rings. The molecule has 0 fully saturated rings. The van der Waals surface area contributed by atoms with Crippen LogP contribution in [0, 0.1) is 0 Å². The maximum atomic E-state index is 11.0. The first kappa shape index (κ1) is 12.4. The normalized spacial score (nSPS) is 10.6. The van der Waals surface area contributed by atoms with Crippen LogP contribution < -0.4 is 5.73 Å². The summed E-state index contributed by atoms with van der Waals surface area (Å²) in [6.07, 6.45) is 1.31. The van der Waals surface area contributed by atoms with Crippen LogP contribution in [0.3, 0.4) is 0 Å². The van der Waals surface area contributed by atoms with Crippen molar-refractivity contribution in [3.63, 3.8) is 0 Å². The van der Waals surface area contributed by atoms with Crippen molar-refractivity contribution >= 4 is 17.2 Å². The van der Waals surface area contributed by atoms with Gasteiger partial charge in [0.15, 0.2) is 5.76 Å². The number of hydrogen-bond acceptors (Lipinski definition) is 5. The SMILES string of the molecule is NC(=O)c1coc(-c2csc(-c3cccc(O)c3)n2)c1. The van der Waals surface area contributed by atoms with Crippen molar-refractivity contribution in [2.75, 3.05) is 0 Å². The maximum absolute atomic E-state index is 11.0. The molecular formula is C14H10N2O3S. The predicted octanol–water partition coefficient (Wildman–Crippen LogP) is 2.87. The number of nitrogens with two attached hydrogens (primary N) is 1. The van der Waals surface area contributed by atoms with Crippen molar-refractivity contribution in [1.82, 2.24) is 4.98 Å². The lowest BCUT2D eigenvalue weighted by molar-refractivity contribution is 0.0999. The highest BCUT2D eigenvalue weighted by Crippen LogP contribution is 2.31. The highest BCUT2D eigenvalue weighted by Gasteiger charge is 2.12. The molecule has 100 valence electrons. The summed E-state index contributed by atoms with van der Waals surface area (Å²) < 4.78 is 5.28. The average Bonchev–Trinajstić information content (AvgIpc) is 3.08. The number of benzene rings is 1. The lowest BCUT2D eigenvalue weighted by atomic mass is 10.2. The van der Waals surface area contributed by atoms with Crippen molar-refractivity contribution in [1.29, 1.82) is 0 Å². The molecule has 0 saturated heterocycles. The summed E-state index contributed by atoms with van der Waals surface area (Å²) in [5.74, 6) is 0.137. The van der Waals surface area contributed by atoms with Crippen LogP contribution in [0.4, 0.5) is 0 Å². The number of furan rings is 1. The number of aromatic hydroxyl groups is 1. The Labute approximate surface area is 118 Å². The molecule has 2 aromatic heterocycles. The lowest BCUT2D eigenvalue weighted by Gasteiger charge is -1.96. The van der Waals surface area contributed by atoms with Crippen molar-refractivity contribution in [3.05, 3.63) is 47.5 Å². The van der Waals surface area contributed by atoms with Gasteiger partial charge in [0.25, 0.3) is 5.91 Å². The summed E-state index contributed by atoms with van der Waals surface area (Å²) in [5, 5.41) is 12.0. The number of phenolic OH excluding ortho intramolecular Hbond substituents is 1. The zero-order chi connectivity index (χ0) is 14.1. The van der Waals surface area contributed by atoms with E-state index in [4.69, 9.17) is 10.2 Å². The second-order valence-corrected chi connectivity index (χ2v) is 5.01. The van der Waals surface area contributed by atoms with E-state index in [1.807, 2.05) is 11.4 Å². The molecule has 0 aliphatic heterocycles. The van der Waals surface area contributed by atoms with Gasteiger partial charge in [-0.25, -0.2) is 4.98 Å². The second-order valence-electron chi connectivity index (χ2n) is 4.15. The van der Waals surface area contributed by atoms with Crippen molar-refractivity contribution in [2.24, 2.45) is 5.73 Å². The van der Waals surface area contributed by atoms with Crippen LogP contribution in [0.25, 0.3) is 22.0 Å². The monoisotopic (exact) mass is 286 g/mol. The zero-order valence-corrected chi connectivity index (χ0v) is 11.1. The van der Waals surface area contributed by atoms with Gasteiger partial charge in [0, 0.05) is 10.9 Å². The Morgan fingerprint density at radius 2 is 2.20 bits per heavy atom. The van der Waals surface area contributed by atoms with Crippen LogP contribution in [-0.4, -0.2) is 16.0 Å². The zero-order valence-electron chi connectivity index (χ0n) is 10.2. The number of carbonyl (C=O) groups is 1. The van der Waals surface area contributed by atoms with Gasteiger partial charge < -0.3 is 15.3 Å². The minimum Gasteiger partial charge on any atom is -0.508 e. The number of carbonyl (C=O) groups excluding carboxylic acids is 1. The van der Waals surface area contributed by atoms with Gasteiger partial charge >= 0.3 is 0 Å². The summed E-state index contributed by atoms with van der Waals surface area (Å²) in [7, 11) is 0. The van der Waals surface area contributed by atoms with Gasteiger partial charge in [-0.15, -0.1) is 11.3 Å². The second kappa shape index (κ2) is 4.82. The molecule has 0 aliphatic rings. The van der Waals surface area contributed by atoms with E-state index in [1.165, 1.54) is 17.6 Å². The van der Waals surface area contributed by atoms with E-state index in [1.54, 1.807) is 24.3 Å². The largest absolute Gasteiger partial charge is 0.508 e. The van der Waals surface area contributed by atoms with E-state index in [9.17, 15) is 9.90 Å². The van der Waals surface area contributed by atoms with E-state index in [2.05, 4.69) is 4.98 Å². The van der Waals surface area contributed by atoms with Crippen LogP contribution in [0.2, 0.25) is 0 Å². The van der Waals surface area contributed by atoms with Gasteiger partial charge in [-0.1, -0.05) is 12.1 Å². The molecule has 0 spiro atoms. The molecule has 2 heterocycles. The van der Waals surface area contributed by atoms with Crippen molar-refractivity contribution in [2.45, 2.75) is 0 Å². The molecule has 0 aliphatic carbocycles. The van der Waals surface area contributed by atoms with Gasteiger partial charge in [0.05, 0.1) is 5.56 Å². The number of hydrogen-bond donors (Lipinski definition) is 2.